The molecule has 1 aromatic heterocycles. The molecule has 0 saturated heterocycles. The van der Waals surface area contributed by atoms with Gasteiger partial charge in [0, 0.05) is 10.6 Å². The van der Waals surface area contributed by atoms with Crippen molar-refractivity contribution >= 4 is 23.5 Å². The molecule has 0 spiro atoms. The molecule has 1 amide bonds. The maximum atomic E-state index is 11.8. The molecule has 0 bridgehead atoms. The number of aliphatic carboxylic acids is 1. The highest BCUT2D eigenvalue weighted by Gasteiger charge is 2.25. The molecule has 0 aliphatic heterocycles. The number of hydrogen-bond donors (Lipinski definition) is 3. The van der Waals surface area contributed by atoms with Crippen molar-refractivity contribution in [3.8, 4) is 0 Å². The van der Waals surface area contributed by atoms with Crippen LogP contribution in [0.25, 0.3) is 0 Å². The lowest BCUT2D eigenvalue weighted by Gasteiger charge is -2.15. The monoisotopic (exact) mass is 280 g/mol. The first-order valence-corrected chi connectivity index (χ1v) is 5.61. The molecule has 1 heterocycles. The molecule has 2 aromatic rings. The number of aromatic nitrogens is 3. The molecule has 0 fully saturated rings. The zero-order chi connectivity index (χ0) is 13.8. The van der Waals surface area contributed by atoms with E-state index in [1.807, 2.05) is 0 Å². The minimum atomic E-state index is -1.26. The van der Waals surface area contributed by atoms with Crippen LogP contribution < -0.4 is 5.32 Å². The second kappa shape index (κ2) is 5.49. The quantitative estimate of drug-likeness (QED) is 0.775. The topological polar surface area (TPSA) is 108 Å². The molecule has 1 aromatic carbocycles. The van der Waals surface area contributed by atoms with Crippen LogP contribution in [0.3, 0.4) is 0 Å². The fourth-order valence-corrected chi connectivity index (χ4v) is 1.74. The predicted octanol–water partition coefficient (Wildman–Crippen LogP) is 1.01. The van der Waals surface area contributed by atoms with Crippen LogP contribution in [0.5, 0.6) is 0 Å². The van der Waals surface area contributed by atoms with Crippen LogP contribution in [-0.4, -0.2) is 32.2 Å². The number of carboxylic acids is 1. The highest BCUT2D eigenvalue weighted by Crippen LogP contribution is 2.23. The van der Waals surface area contributed by atoms with Crippen molar-refractivity contribution in [2.45, 2.75) is 6.04 Å². The van der Waals surface area contributed by atoms with Gasteiger partial charge in [-0.2, -0.15) is 5.10 Å². The number of aromatic amines is 1. The van der Waals surface area contributed by atoms with Crippen molar-refractivity contribution in [1.29, 1.82) is 0 Å². The first kappa shape index (κ1) is 13.0. The molecule has 2 rings (SSSR count). The molecule has 98 valence electrons. The molecule has 3 N–H and O–H groups in total. The number of carbonyl (C=O) groups excluding carboxylic acids is 1. The van der Waals surface area contributed by atoms with Gasteiger partial charge in [-0.3, -0.25) is 9.89 Å². The van der Waals surface area contributed by atoms with Crippen LogP contribution >= 0.6 is 11.6 Å². The summed E-state index contributed by atoms with van der Waals surface area (Å²) in [4.78, 5) is 26.6. The lowest BCUT2D eigenvalue weighted by Crippen LogP contribution is -2.34. The van der Waals surface area contributed by atoms with Crippen molar-refractivity contribution in [2.75, 3.05) is 0 Å². The molecule has 0 aliphatic carbocycles. The minimum Gasteiger partial charge on any atom is -0.479 e. The number of nitrogens with one attached hydrogen (secondary N) is 2. The number of amides is 1. The normalized spacial score (nSPS) is 11.8. The number of benzene rings is 1. The number of H-pyrrole nitrogens is 1. The zero-order valence-electron chi connectivity index (χ0n) is 9.50. The van der Waals surface area contributed by atoms with Crippen LogP contribution in [-0.2, 0) is 4.79 Å². The van der Waals surface area contributed by atoms with Crippen molar-refractivity contribution in [3.05, 3.63) is 47.0 Å². The number of hydrogen-bond acceptors (Lipinski definition) is 4. The number of halogens is 1. The Morgan fingerprint density at radius 3 is 2.68 bits per heavy atom. The minimum absolute atomic E-state index is 0.0710. The van der Waals surface area contributed by atoms with Gasteiger partial charge < -0.3 is 10.4 Å². The molecule has 0 saturated carbocycles. The van der Waals surface area contributed by atoms with E-state index in [2.05, 4.69) is 20.5 Å². The van der Waals surface area contributed by atoms with Gasteiger partial charge in [0.2, 0.25) is 5.82 Å². The summed E-state index contributed by atoms with van der Waals surface area (Å²) in [5.41, 5.74) is 0.296. The largest absolute Gasteiger partial charge is 0.479 e. The van der Waals surface area contributed by atoms with E-state index in [9.17, 15) is 14.7 Å². The van der Waals surface area contributed by atoms with E-state index in [0.29, 0.717) is 5.56 Å². The lowest BCUT2D eigenvalue weighted by molar-refractivity contribution is -0.139. The van der Waals surface area contributed by atoms with E-state index >= 15 is 0 Å². The van der Waals surface area contributed by atoms with Crippen LogP contribution in [0, 0.1) is 0 Å². The van der Waals surface area contributed by atoms with Gasteiger partial charge in [-0.15, -0.1) is 0 Å². The molecule has 0 radical (unpaired) electrons. The summed E-state index contributed by atoms with van der Waals surface area (Å²) in [7, 11) is 0. The van der Waals surface area contributed by atoms with Crippen molar-refractivity contribution < 1.29 is 14.7 Å². The Kier molecular flexibility index (Phi) is 3.76. The molecule has 8 heteroatoms. The number of carboxylic acid groups (broad SMARTS) is 1. The van der Waals surface area contributed by atoms with Gasteiger partial charge in [0.25, 0.3) is 5.91 Å². The Morgan fingerprint density at radius 1 is 1.37 bits per heavy atom. The highest BCUT2D eigenvalue weighted by atomic mass is 35.5. The van der Waals surface area contributed by atoms with Gasteiger partial charge >= 0.3 is 5.97 Å². The van der Waals surface area contributed by atoms with Gasteiger partial charge in [-0.1, -0.05) is 29.8 Å². The van der Waals surface area contributed by atoms with Crippen LogP contribution in [0.1, 0.15) is 22.2 Å². The number of rotatable bonds is 4. The maximum Gasteiger partial charge on any atom is 0.330 e. The first-order valence-electron chi connectivity index (χ1n) is 5.23. The van der Waals surface area contributed by atoms with Crippen molar-refractivity contribution in [2.24, 2.45) is 0 Å². The smallest absolute Gasteiger partial charge is 0.330 e. The zero-order valence-corrected chi connectivity index (χ0v) is 10.3. The number of carbonyl (C=O) groups is 2. The van der Waals surface area contributed by atoms with E-state index in [4.69, 9.17) is 11.6 Å². The van der Waals surface area contributed by atoms with Gasteiger partial charge in [-0.25, -0.2) is 9.78 Å². The average molecular weight is 281 g/mol. The molecule has 1 atom stereocenters. The van der Waals surface area contributed by atoms with Crippen LogP contribution in [0.15, 0.2) is 30.6 Å². The Bertz CT molecular complexity index is 600. The summed E-state index contributed by atoms with van der Waals surface area (Å²) < 4.78 is 0. The Balaban J connectivity index is 2.25. The second-order valence-corrected chi connectivity index (χ2v) is 4.01. The van der Waals surface area contributed by atoms with Gasteiger partial charge in [-0.05, 0) is 6.07 Å². The van der Waals surface area contributed by atoms with Crippen molar-refractivity contribution in [3.63, 3.8) is 0 Å². The summed E-state index contributed by atoms with van der Waals surface area (Å²) in [6.45, 7) is 0. The predicted molar refractivity (Wildman–Crippen MR) is 65.7 cm³/mol. The number of nitrogens with zero attached hydrogens (tertiary/aromatic N) is 2. The third-order valence-corrected chi connectivity index (χ3v) is 2.71. The molecule has 0 unspecified atom stereocenters. The molecule has 19 heavy (non-hydrogen) atoms. The molecular weight excluding hydrogens is 272 g/mol. The summed E-state index contributed by atoms with van der Waals surface area (Å²) in [6, 6.07) is 5.13. The molecule has 0 aliphatic rings. The fraction of sp³-hybridized carbons (Fsp3) is 0.0909. The Hall–Kier alpha value is -2.41. The maximum absolute atomic E-state index is 11.8. The van der Waals surface area contributed by atoms with E-state index in [0.717, 1.165) is 6.33 Å². The average Bonchev–Trinajstić information content (AvgIpc) is 2.90. The van der Waals surface area contributed by atoms with Gasteiger partial charge in [0.15, 0.2) is 6.04 Å². The second-order valence-electron chi connectivity index (χ2n) is 3.60. The summed E-state index contributed by atoms with van der Waals surface area (Å²) in [5, 5.41) is 17.6. The van der Waals surface area contributed by atoms with E-state index < -0.39 is 17.9 Å². The first-order chi connectivity index (χ1) is 9.09. The molecule has 7 nitrogen and oxygen atoms in total. The summed E-state index contributed by atoms with van der Waals surface area (Å²) in [6.07, 6.45) is 1.15. The molecular formula is C11H9ClN4O3. The Morgan fingerprint density at radius 2 is 2.11 bits per heavy atom. The summed E-state index contributed by atoms with van der Waals surface area (Å²) in [5.74, 6) is -1.97. The van der Waals surface area contributed by atoms with Gasteiger partial charge in [0.05, 0.1) is 0 Å². The standard InChI is InChI=1S/C11H9ClN4O3/c12-7-4-2-1-3-6(7)8(11(18)19)15-10(17)9-13-5-14-16-9/h1-5,8H,(H,15,17)(H,18,19)(H,13,14,16)/t8-/m1/s1. The lowest BCUT2D eigenvalue weighted by atomic mass is 10.1. The van der Waals surface area contributed by atoms with Crippen molar-refractivity contribution in [1.82, 2.24) is 20.5 Å². The third kappa shape index (κ3) is 2.89. The van der Waals surface area contributed by atoms with Gasteiger partial charge in [0.1, 0.15) is 6.33 Å². The third-order valence-electron chi connectivity index (χ3n) is 2.37. The SMILES string of the molecule is O=C(N[C@@H](C(=O)O)c1ccccc1Cl)c1ncn[nH]1. The van der Waals surface area contributed by atoms with Crippen LogP contribution in [0.4, 0.5) is 0 Å². The van der Waals surface area contributed by atoms with E-state index in [1.165, 1.54) is 6.07 Å². The van der Waals surface area contributed by atoms with Crippen LogP contribution in [0.2, 0.25) is 5.02 Å². The summed E-state index contributed by atoms with van der Waals surface area (Å²) >= 11 is 5.92. The van der Waals surface area contributed by atoms with E-state index in [1.54, 1.807) is 18.2 Å². The fourth-order valence-electron chi connectivity index (χ4n) is 1.50. The Labute approximate surface area is 112 Å². The van der Waals surface area contributed by atoms with E-state index in [-0.39, 0.29) is 10.8 Å². The highest BCUT2D eigenvalue weighted by molar-refractivity contribution is 6.31.